The van der Waals surface area contributed by atoms with Crippen LogP contribution in [0.1, 0.15) is 22.7 Å². The molecule has 7 heteroatoms. The number of carbonyl (C=O) groups is 2. The van der Waals surface area contributed by atoms with Crippen LogP contribution in [0, 0.1) is 0 Å². The van der Waals surface area contributed by atoms with Crippen LogP contribution in [0.3, 0.4) is 0 Å². The molecule has 2 unspecified atom stereocenters. The van der Waals surface area contributed by atoms with Crippen molar-refractivity contribution in [2.45, 2.75) is 25.3 Å². The highest BCUT2D eigenvalue weighted by atomic mass is 35.5. The highest BCUT2D eigenvalue weighted by molar-refractivity contribution is 6.31. The number of benzene rings is 3. The summed E-state index contributed by atoms with van der Waals surface area (Å²) in [6.45, 7) is 0.345. The van der Waals surface area contributed by atoms with Gasteiger partial charge in [0.25, 0.3) is 5.91 Å². The minimum Gasteiger partial charge on any atom is -0.389 e. The van der Waals surface area contributed by atoms with Crippen LogP contribution in [0.5, 0.6) is 0 Å². The molecule has 1 aliphatic heterocycles. The Morgan fingerprint density at radius 2 is 1.55 bits per heavy atom. The van der Waals surface area contributed by atoms with Crippen molar-refractivity contribution < 1.29 is 19.4 Å². The van der Waals surface area contributed by atoms with E-state index in [-0.39, 0.29) is 25.7 Å². The molecule has 3 aromatic carbocycles. The van der Waals surface area contributed by atoms with Gasteiger partial charge >= 0.3 is 6.03 Å². The van der Waals surface area contributed by atoms with E-state index in [1.807, 2.05) is 78.9 Å². The number of β-amino-alcohol motifs (C(OH)–C–C–N with tert-alkyl or cyclic N) is 1. The molecule has 2 atom stereocenters. The standard InChI is InChI=1S/C26H25ClN2O4/c27-23-14-8-7-13-21(23)17-33-18-22(30)16-29-25(31)24(20-11-5-2-6-12-20)28(26(29)32)15-19-9-3-1-4-10-19/h1-14,22,24,30H,15-18H2. The van der Waals surface area contributed by atoms with Crippen LogP contribution in [0.15, 0.2) is 84.9 Å². The van der Waals surface area contributed by atoms with Crippen molar-refractivity contribution in [3.8, 4) is 0 Å². The average Bonchev–Trinajstić information content (AvgIpc) is 3.05. The first-order valence-electron chi connectivity index (χ1n) is 10.7. The zero-order valence-electron chi connectivity index (χ0n) is 18.0. The Balaban J connectivity index is 1.45. The molecule has 33 heavy (non-hydrogen) atoms. The fourth-order valence-corrected chi connectivity index (χ4v) is 4.08. The van der Waals surface area contributed by atoms with Crippen molar-refractivity contribution >= 4 is 23.5 Å². The Morgan fingerprint density at radius 1 is 0.909 bits per heavy atom. The van der Waals surface area contributed by atoms with E-state index < -0.39 is 18.2 Å². The van der Waals surface area contributed by atoms with Crippen molar-refractivity contribution in [1.82, 2.24) is 9.80 Å². The Labute approximate surface area is 198 Å². The van der Waals surface area contributed by atoms with Crippen molar-refractivity contribution in [3.63, 3.8) is 0 Å². The third-order valence-electron chi connectivity index (χ3n) is 5.52. The number of ether oxygens (including phenoxy) is 1. The first-order valence-corrected chi connectivity index (χ1v) is 11.1. The normalized spacial score (nSPS) is 17.0. The molecule has 1 fully saturated rings. The number of aliphatic hydroxyl groups is 1. The first kappa shape index (κ1) is 23.0. The zero-order valence-corrected chi connectivity index (χ0v) is 18.8. The molecular formula is C26H25ClN2O4. The van der Waals surface area contributed by atoms with Gasteiger partial charge in [-0.25, -0.2) is 4.79 Å². The van der Waals surface area contributed by atoms with E-state index >= 15 is 0 Å². The van der Waals surface area contributed by atoms with Gasteiger partial charge < -0.3 is 14.7 Å². The smallest absolute Gasteiger partial charge is 0.328 e. The molecule has 1 N–H and O–H groups in total. The van der Waals surface area contributed by atoms with Crippen LogP contribution in [0.25, 0.3) is 0 Å². The molecule has 0 saturated carbocycles. The minimum atomic E-state index is -1.02. The molecule has 3 amide bonds. The number of rotatable bonds is 9. The number of carbonyl (C=O) groups excluding carboxylic acids is 2. The summed E-state index contributed by atoms with van der Waals surface area (Å²) >= 11 is 6.13. The lowest BCUT2D eigenvalue weighted by Gasteiger charge is -2.22. The summed E-state index contributed by atoms with van der Waals surface area (Å²) in [7, 11) is 0. The molecular weight excluding hydrogens is 440 g/mol. The van der Waals surface area contributed by atoms with Crippen molar-refractivity contribution in [1.29, 1.82) is 0 Å². The number of aliphatic hydroxyl groups excluding tert-OH is 1. The van der Waals surface area contributed by atoms with E-state index in [1.165, 1.54) is 0 Å². The number of imide groups is 1. The second kappa shape index (κ2) is 10.6. The van der Waals surface area contributed by atoms with E-state index in [4.69, 9.17) is 16.3 Å². The fraction of sp³-hybridized carbons (Fsp3) is 0.231. The largest absolute Gasteiger partial charge is 0.389 e. The number of urea groups is 1. The highest BCUT2D eigenvalue weighted by Crippen LogP contribution is 2.32. The number of hydrogen-bond donors (Lipinski definition) is 1. The van der Waals surface area contributed by atoms with Crippen molar-refractivity contribution in [2.24, 2.45) is 0 Å². The van der Waals surface area contributed by atoms with Gasteiger partial charge in [-0.15, -0.1) is 0 Å². The van der Waals surface area contributed by atoms with E-state index in [0.717, 1.165) is 21.6 Å². The van der Waals surface area contributed by atoms with Crippen molar-refractivity contribution in [2.75, 3.05) is 13.2 Å². The molecule has 170 valence electrons. The summed E-state index contributed by atoms with van der Waals surface area (Å²) in [6.07, 6.45) is -1.02. The maximum Gasteiger partial charge on any atom is 0.328 e. The third-order valence-corrected chi connectivity index (χ3v) is 5.89. The van der Waals surface area contributed by atoms with Gasteiger partial charge in [0.2, 0.25) is 0 Å². The van der Waals surface area contributed by atoms with Crippen LogP contribution in [0.2, 0.25) is 5.02 Å². The topological polar surface area (TPSA) is 70.1 Å². The molecule has 0 bridgehead atoms. The van der Waals surface area contributed by atoms with E-state index in [9.17, 15) is 14.7 Å². The summed E-state index contributed by atoms with van der Waals surface area (Å²) < 4.78 is 5.58. The van der Waals surface area contributed by atoms with Crippen LogP contribution < -0.4 is 0 Å². The van der Waals surface area contributed by atoms with Gasteiger partial charge in [0.15, 0.2) is 0 Å². The highest BCUT2D eigenvalue weighted by Gasteiger charge is 2.46. The quantitative estimate of drug-likeness (QED) is 0.476. The molecule has 0 aromatic heterocycles. The van der Waals surface area contributed by atoms with Gasteiger partial charge in [-0.1, -0.05) is 90.5 Å². The maximum absolute atomic E-state index is 13.3. The summed E-state index contributed by atoms with van der Waals surface area (Å²) in [4.78, 5) is 29.2. The van der Waals surface area contributed by atoms with Gasteiger partial charge in [0, 0.05) is 11.6 Å². The monoisotopic (exact) mass is 464 g/mol. The lowest BCUT2D eigenvalue weighted by molar-refractivity contribution is -0.129. The Hall–Kier alpha value is -3.19. The summed E-state index contributed by atoms with van der Waals surface area (Å²) in [5, 5.41) is 11.1. The molecule has 1 heterocycles. The summed E-state index contributed by atoms with van der Waals surface area (Å²) in [5.41, 5.74) is 2.46. The van der Waals surface area contributed by atoms with Crippen LogP contribution in [0.4, 0.5) is 4.79 Å². The number of nitrogens with zero attached hydrogens (tertiary/aromatic N) is 2. The molecule has 1 saturated heterocycles. The Bertz CT molecular complexity index is 1090. The van der Waals surface area contributed by atoms with E-state index in [2.05, 4.69) is 0 Å². The lowest BCUT2D eigenvalue weighted by atomic mass is 10.1. The molecule has 6 nitrogen and oxygen atoms in total. The van der Waals surface area contributed by atoms with Gasteiger partial charge in [-0.3, -0.25) is 9.69 Å². The summed E-state index contributed by atoms with van der Waals surface area (Å²) in [6, 6.07) is 24.9. The maximum atomic E-state index is 13.3. The average molecular weight is 465 g/mol. The molecule has 0 radical (unpaired) electrons. The van der Waals surface area contributed by atoms with Crippen LogP contribution in [-0.2, 0) is 22.7 Å². The number of halogens is 1. The molecule has 3 aromatic rings. The molecule has 4 rings (SSSR count). The van der Waals surface area contributed by atoms with Crippen LogP contribution >= 0.6 is 11.6 Å². The SMILES string of the molecule is O=C1C(c2ccccc2)N(Cc2ccccc2)C(=O)N1CC(O)COCc1ccccc1Cl. The van der Waals surface area contributed by atoms with Crippen LogP contribution in [-0.4, -0.2) is 46.1 Å². The Kier molecular flexibility index (Phi) is 7.40. The molecule has 1 aliphatic rings. The second-order valence-electron chi connectivity index (χ2n) is 7.92. The van der Waals surface area contributed by atoms with Crippen molar-refractivity contribution in [3.05, 3.63) is 107 Å². The lowest BCUT2D eigenvalue weighted by Crippen LogP contribution is -2.40. The minimum absolute atomic E-state index is 0.0308. The third kappa shape index (κ3) is 5.42. The predicted octanol–water partition coefficient (Wildman–Crippen LogP) is 4.42. The summed E-state index contributed by atoms with van der Waals surface area (Å²) in [5.74, 6) is -0.354. The van der Waals surface area contributed by atoms with Gasteiger partial charge in [0.05, 0.1) is 25.9 Å². The second-order valence-corrected chi connectivity index (χ2v) is 8.33. The predicted molar refractivity (Wildman–Crippen MR) is 125 cm³/mol. The van der Waals surface area contributed by atoms with Gasteiger partial charge in [0.1, 0.15) is 6.04 Å². The zero-order chi connectivity index (χ0) is 23.2. The molecule has 0 aliphatic carbocycles. The fourth-order valence-electron chi connectivity index (χ4n) is 3.89. The molecule has 0 spiro atoms. The first-order chi connectivity index (χ1) is 16.0. The number of amides is 3. The van der Waals surface area contributed by atoms with Gasteiger partial charge in [-0.05, 0) is 22.8 Å². The van der Waals surface area contributed by atoms with E-state index in [1.54, 1.807) is 11.0 Å². The number of hydrogen-bond acceptors (Lipinski definition) is 4. The Morgan fingerprint density at radius 3 is 2.24 bits per heavy atom. The van der Waals surface area contributed by atoms with Gasteiger partial charge in [-0.2, -0.15) is 0 Å². The van der Waals surface area contributed by atoms with E-state index in [0.29, 0.717) is 11.6 Å².